The van der Waals surface area contributed by atoms with E-state index in [0.29, 0.717) is 12.2 Å². The van der Waals surface area contributed by atoms with Crippen molar-refractivity contribution in [1.82, 2.24) is 9.97 Å². The molecule has 4 aromatic rings. The average molecular weight is 414 g/mol. The molecule has 6 nitrogen and oxygen atoms in total. The first kappa shape index (κ1) is 18.4. The molecule has 0 aliphatic carbocycles. The van der Waals surface area contributed by atoms with Crippen LogP contribution in [0.15, 0.2) is 72.9 Å². The first-order valence-corrected chi connectivity index (χ1v) is 10.5. The largest absolute Gasteiger partial charge is 0.326 e. The number of benzene rings is 2. The van der Waals surface area contributed by atoms with Crippen molar-refractivity contribution in [2.75, 3.05) is 16.8 Å². The van der Waals surface area contributed by atoms with Crippen LogP contribution in [0.25, 0.3) is 20.9 Å². The van der Waals surface area contributed by atoms with Crippen molar-refractivity contribution in [1.29, 1.82) is 0 Å². The summed E-state index contributed by atoms with van der Waals surface area (Å²) < 4.78 is 0. The molecule has 0 radical (unpaired) electrons. The van der Waals surface area contributed by atoms with Crippen molar-refractivity contribution >= 4 is 44.9 Å². The predicted molar refractivity (Wildman–Crippen MR) is 118 cm³/mol. The Hall–Kier alpha value is -3.58. The minimum atomic E-state index is -0.368. The smallest absolute Gasteiger partial charge is 0.229 e. The Labute approximate surface area is 177 Å². The van der Waals surface area contributed by atoms with E-state index in [1.807, 2.05) is 66.7 Å². The summed E-state index contributed by atoms with van der Waals surface area (Å²) in [5.41, 5.74) is 3.38. The van der Waals surface area contributed by atoms with Gasteiger partial charge in [0.2, 0.25) is 11.8 Å². The standard InChI is InChI=1S/C23H18N4O2S/c28-20-13-16(14-27(20)18-5-2-1-3-6-18)21(29)25-17-10-8-15(9-11-17)22-26-19-7-4-12-24-23(19)30-22/h1-12,16H,13-14H2,(H,25,29). The van der Waals surface area contributed by atoms with Gasteiger partial charge in [-0.3, -0.25) is 9.59 Å². The lowest BCUT2D eigenvalue weighted by Crippen LogP contribution is -2.28. The Kier molecular flexibility index (Phi) is 4.72. The molecule has 3 heterocycles. The molecular formula is C23H18N4O2S. The highest BCUT2D eigenvalue weighted by Gasteiger charge is 2.35. The summed E-state index contributed by atoms with van der Waals surface area (Å²) in [5.74, 6) is -0.535. The van der Waals surface area contributed by atoms with Crippen molar-refractivity contribution < 1.29 is 9.59 Å². The van der Waals surface area contributed by atoms with Gasteiger partial charge in [0.25, 0.3) is 0 Å². The number of para-hydroxylation sites is 1. The van der Waals surface area contributed by atoms with Gasteiger partial charge in [-0.2, -0.15) is 0 Å². The van der Waals surface area contributed by atoms with Crippen LogP contribution in [0.5, 0.6) is 0 Å². The molecule has 1 unspecified atom stereocenters. The summed E-state index contributed by atoms with van der Waals surface area (Å²) in [6.45, 7) is 0.394. The maximum atomic E-state index is 12.7. The van der Waals surface area contributed by atoms with E-state index < -0.39 is 0 Å². The van der Waals surface area contributed by atoms with Gasteiger partial charge in [-0.05, 0) is 48.5 Å². The number of thiazole rings is 1. The van der Waals surface area contributed by atoms with Gasteiger partial charge in [-0.25, -0.2) is 9.97 Å². The number of hydrogen-bond donors (Lipinski definition) is 1. The van der Waals surface area contributed by atoms with Crippen molar-refractivity contribution in [3.8, 4) is 10.6 Å². The molecule has 1 saturated heterocycles. The van der Waals surface area contributed by atoms with Crippen molar-refractivity contribution in [3.05, 3.63) is 72.9 Å². The van der Waals surface area contributed by atoms with Crippen molar-refractivity contribution in [2.24, 2.45) is 5.92 Å². The van der Waals surface area contributed by atoms with Crippen molar-refractivity contribution in [3.63, 3.8) is 0 Å². The minimum absolute atomic E-state index is 0.0267. The van der Waals surface area contributed by atoms with Gasteiger partial charge in [-0.15, -0.1) is 0 Å². The highest BCUT2D eigenvalue weighted by molar-refractivity contribution is 7.21. The van der Waals surface area contributed by atoms with Gasteiger partial charge in [0.05, 0.1) is 5.92 Å². The molecule has 0 spiro atoms. The number of amides is 2. The van der Waals surface area contributed by atoms with Gasteiger partial charge in [0.15, 0.2) is 0 Å². The Morgan fingerprint density at radius 1 is 1.03 bits per heavy atom. The zero-order chi connectivity index (χ0) is 20.5. The van der Waals surface area contributed by atoms with Gasteiger partial charge >= 0.3 is 0 Å². The van der Waals surface area contributed by atoms with E-state index in [4.69, 9.17) is 0 Å². The van der Waals surface area contributed by atoms with E-state index in [2.05, 4.69) is 15.3 Å². The van der Waals surface area contributed by atoms with E-state index in [1.54, 1.807) is 11.1 Å². The molecule has 1 N–H and O–H groups in total. The molecule has 1 aliphatic rings. The number of rotatable bonds is 4. The third-order valence-electron chi connectivity index (χ3n) is 5.13. The van der Waals surface area contributed by atoms with Crippen LogP contribution in [0.3, 0.4) is 0 Å². The van der Waals surface area contributed by atoms with Crippen LogP contribution in [-0.4, -0.2) is 28.3 Å². The summed E-state index contributed by atoms with van der Waals surface area (Å²) in [7, 11) is 0. The Bertz CT molecular complexity index is 1190. The second-order valence-corrected chi connectivity index (χ2v) is 8.13. The lowest BCUT2D eigenvalue weighted by Gasteiger charge is -2.16. The fourth-order valence-electron chi connectivity index (χ4n) is 3.57. The number of nitrogens with zero attached hydrogens (tertiary/aromatic N) is 3. The number of carbonyl (C=O) groups excluding carboxylic acids is 2. The molecule has 2 aromatic heterocycles. The van der Waals surface area contributed by atoms with E-state index >= 15 is 0 Å². The molecule has 1 aliphatic heterocycles. The molecule has 1 atom stereocenters. The fourth-order valence-corrected chi connectivity index (χ4v) is 4.49. The number of hydrogen-bond acceptors (Lipinski definition) is 5. The van der Waals surface area contributed by atoms with Crippen LogP contribution in [0.1, 0.15) is 6.42 Å². The molecule has 5 rings (SSSR count). The number of aromatic nitrogens is 2. The lowest BCUT2D eigenvalue weighted by molar-refractivity contribution is -0.122. The first-order valence-electron chi connectivity index (χ1n) is 9.66. The van der Waals surface area contributed by atoms with E-state index in [1.165, 1.54) is 11.3 Å². The number of carbonyl (C=O) groups is 2. The predicted octanol–water partition coefficient (Wildman–Crippen LogP) is 4.35. The van der Waals surface area contributed by atoms with Crippen LogP contribution in [-0.2, 0) is 9.59 Å². The van der Waals surface area contributed by atoms with Crippen LogP contribution in [0, 0.1) is 5.92 Å². The zero-order valence-corrected chi connectivity index (χ0v) is 16.8. The maximum absolute atomic E-state index is 12.7. The quantitative estimate of drug-likeness (QED) is 0.539. The van der Waals surface area contributed by atoms with E-state index in [-0.39, 0.29) is 24.2 Å². The summed E-state index contributed by atoms with van der Waals surface area (Å²) in [6.07, 6.45) is 1.98. The minimum Gasteiger partial charge on any atom is -0.326 e. The number of pyridine rings is 1. The summed E-state index contributed by atoms with van der Waals surface area (Å²) in [6, 6.07) is 20.9. The topological polar surface area (TPSA) is 75.2 Å². The lowest BCUT2D eigenvalue weighted by atomic mass is 10.1. The zero-order valence-electron chi connectivity index (χ0n) is 16.0. The molecule has 148 valence electrons. The molecule has 2 amide bonds. The molecule has 30 heavy (non-hydrogen) atoms. The second-order valence-electron chi connectivity index (χ2n) is 7.15. The number of anilines is 2. The molecule has 2 aromatic carbocycles. The molecule has 0 bridgehead atoms. The molecule has 7 heteroatoms. The van der Waals surface area contributed by atoms with E-state index in [9.17, 15) is 9.59 Å². The molecule has 1 fully saturated rings. The first-order chi connectivity index (χ1) is 14.7. The third-order valence-corrected chi connectivity index (χ3v) is 6.16. The van der Waals surface area contributed by atoms with Crippen LogP contribution in [0.2, 0.25) is 0 Å². The van der Waals surface area contributed by atoms with Gasteiger partial charge in [-0.1, -0.05) is 29.5 Å². The monoisotopic (exact) mass is 414 g/mol. The Morgan fingerprint density at radius 3 is 2.60 bits per heavy atom. The normalized spacial score (nSPS) is 16.2. The molecular weight excluding hydrogens is 396 g/mol. The van der Waals surface area contributed by atoms with Crippen LogP contribution >= 0.6 is 11.3 Å². The highest BCUT2D eigenvalue weighted by atomic mass is 32.1. The van der Waals surface area contributed by atoms with Gasteiger partial charge < -0.3 is 10.2 Å². The maximum Gasteiger partial charge on any atom is 0.229 e. The van der Waals surface area contributed by atoms with Gasteiger partial charge in [0.1, 0.15) is 15.4 Å². The highest BCUT2D eigenvalue weighted by Crippen LogP contribution is 2.30. The summed E-state index contributed by atoms with van der Waals surface area (Å²) in [5, 5.41) is 3.82. The summed E-state index contributed by atoms with van der Waals surface area (Å²) >= 11 is 1.54. The van der Waals surface area contributed by atoms with E-state index in [0.717, 1.165) is 26.6 Å². The number of nitrogens with one attached hydrogen (secondary N) is 1. The second kappa shape index (κ2) is 7.68. The number of fused-ring (bicyclic) bond motifs is 1. The van der Waals surface area contributed by atoms with Crippen LogP contribution < -0.4 is 10.2 Å². The molecule has 0 saturated carbocycles. The third kappa shape index (κ3) is 3.55. The Morgan fingerprint density at radius 2 is 1.83 bits per heavy atom. The summed E-state index contributed by atoms with van der Waals surface area (Å²) in [4.78, 5) is 36.6. The Balaban J connectivity index is 1.27. The SMILES string of the molecule is O=C(Nc1ccc(-c2nc3cccnc3s2)cc1)C1CC(=O)N(c2ccccc2)C1. The van der Waals surface area contributed by atoms with Gasteiger partial charge in [0, 0.05) is 36.1 Å². The van der Waals surface area contributed by atoms with Crippen LogP contribution in [0.4, 0.5) is 11.4 Å². The van der Waals surface area contributed by atoms with Crippen molar-refractivity contribution in [2.45, 2.75) is 6.42 Å². The average Bonchev–Trinajstić information content (AvgIpc) is 3.38. The fraction of sp³-hybridized carbons (Fsp3) is 0.130.